The van der Waals surface area contributed by atoms with Crippen molar-refractivity contribution in [2.24, 2.45) is 0 Å². The van der Waals surface area contributed by atoms with Crippen molar-refractivity contribution in [1.82, 2.24) is 0 Å². The zero-order valence-corrected chi connectivity index (χ0v) is 10.6. The Balaban J connectivity index is 0.000000181. The molecule has 2 aromatic rings. The van der Waals surface area contributed by atoms with E-state index in [2.05, 4.69) is 15.9 Å². The van der Waals surface area contributed by atoms with Crippen LogP contribution in [0.2, 0.25) is 0 Å². The van der Waals surface area contributed by atoms with Crippen molar-refractivity contribution in [2.45, 2.75) is 0 Å². The van der Waals surface area contributed by atoms with Crippen LogP contribution in [0.4, 0.5) is 5.69 Å². The molecule has 0 spiro atoms. The zero-order valence-electron chi connectivity index (χ0n) is 8.97. The Kier molecular flexibility index (Phi) is 5.05. The van der Waals surface area contributed by atoms with E-state index >= 15 is 0 Å². The summed E-state index contributed by atoms with van der Waals surface area (Å²) >= 11 is 3.09. The van der Waals surface area contributed by atoms with E-state index in [1.54, 1.807) is 12.1 Å². The van der Waals surface area contributed by atoms with Crippen LogP contribution in [0, 0.1) is 11.3 Å². The van der Waals surface area contributed by atoms with Gasteiger partial charge in [-0.2, -0.15) is 5.26 Å². The van der Waals surface area contributed by atoms with Crippen LogP contribution < -0.4 is 5.73 Å². The lowest BCUT2D eigenvalue weighted by Gasteiger charge is -1.93. The van der Waals surface area contributed by atoms with E-state index in [4.69, 9.17) is 16.1 Å². The second-order valence-electron chi connectivity index (χ2n) is 3.19. The van der Waals surface area contributed by atoms with Crippen LogP contribution in [0.5, 0.6) is 5.75 Å². The molecule has 0 unspecified atom stereocenters. The lowest BCUT2D eigenvalue weighted by molar-refractivity contribution is 0.472. The minimum Gasteiger partial charge on any atom is -0.507 e. The number of phenolic OH excluding ortho intramolecular Hbond substituents is 1. The first-order valence-electron chi connectivity index (χ1n) is 4.82. The highest BCUT2D eigenvalue weighted by atomic mass is 79.9. The number of halogens is 1. The maximum atomic E-state index is 8.98. The second-order valence-corrected chi connectivity index (χ2v) is 4.04. The van der Waals surface area contributed by atoms with Gasteiger partial charge in [-0.25, -0.2) is 0 Å². The van der Waals surface area contributed by atoms with Crippen molar-refractivity contribution in [3.63, 3.8) is 0 Å². The summed E-state index contributed by atoms with van der Waals surface area (Å²) < 4.78 is 0.548. The van der Waals surface area contributed by atoms with Crippen molar-refractivity contribution in [3.8, 4) is 11.8 Å². The van der Waals surface area contributed by atoms with Gasteiger partial charge in [0.2, 0.25) is 0 Å². The van der Waals surface area contributed by atoms with Gasteiger partial charge in [0.15, 0.2) is 0 Å². The maximum Gasteiger partial charge on any atom is 0.129 e. The lowest BCUT2D eigenvalue weighted by Crippen LogP contribution is -1.79. The molecule has 0 fully saturated rings. The summed E-state index contributed by atoms with van der Waals surface area (Å²) in [4.78, 5) is 0. The molecular weight excluding hydrogens is 280 g/mol. The Bertz CT molecular complexity index is 521. The molecule has 2 aromatic carbocycles. The highest BCUT2D eigenvalue weighted by Gasteiger charge is 1.96. The van der Waals surface area contributed by atoms with Crippen LogP contribution in [0.25, 0.3) is 0 Å². The molecule has 4 heteroatoms. The number of hydrogen-bond donors (Lipinski definition) is 2. The van der Waals surface area contributed by atoms with Gasteiger partial charge >= 0.3 is 0 Å². The standard InChI is InChI=1S/C7H4BrNO.C6H7N/c8-6-3-5(4-9)1-2-7(6)10;7-6-4-2-1-3-5-6/h1-3,10H;1-5H,7H2. The fraction of sp³-hybridized carbons (Fsp3) is 0. The molecule has 3 N–H and O–H groups in total. The first-order valence-corrected chi connectivity index (χ1v) is 5.62. The molecule has 3 nitrogen and oxygen atoms in total. The molecule has 0 atom stereocenters. The fourth-order valence-electron chi connectivity index (χ4n) is 1.03. The number of nitrogen functional groups attached to an aromatic ring is 1. The Morgan fingerprint density at radius 1 is 1.12 bits per heavy atom. The summed E-state index contributed by atoms with van der Waals surface area (Å²) in [6.45, 7) is 0. The van der Waals surface area contributed by atoms with Gasteiger partial charge in [0, 0.05) is 5.69 Å². The van der Waals surface area contributed by atoms with Crippen LogP contribution in [-0.2, 0) is 0 Å². The molecule has 0 aliphatic carbocycles. The molecule has 86 valence electrons. The third-order valence-electron chi connectivity index (χ3n) is 1.88. The number of para-hydroxylation sites is 1. The number of nitrogens with zero attached hydrogens (tertiary/aromatic N) is 1. The minimum atomic E-state index is 0.152. The minimum absolute atomic E-state index is 0.152. The van der Waals surface area contributed by atoms with E-state index in [1.807, 2.05) is 36.4 Å². The number of anilines is 1. The molecular formula is C13H11BrN2O. The van der Waals surface area contributed by atoms with Crippen molar-refractivity contribution in [2.75, 3.05) is 5.73 Å². The molecule has 0 aliphatic heterocycles. The average Bonchev–Trinajstić information content (AvgIpc) is 2.34. The molecule has 17 heavy (non-hydrogen) atoms. The quantitative estimate of drug-likeness (QED) is 0.732. The predicted molar refractivity (Wildman–Crippen MR) is 71.4 cm³/mol. The molecule has 0 saturated carbocycles. The normalized spacial score (nSPS) is 8.71. The summed E-state index contributed by atoms with van der Waals surface area (Å²) in [5.41, 5.74) is 6.71. The maximum absolute atomic E-state index is 8.98. The number of hydrogen-bond acceptors (Lipinski definition) is 3. The predicted octanol–water partition coefficient (Wildman–Crippen LogP) is 3.30. The van der Waals surface area contributed by atoms with Gasteiger partial charge < -0.3 is 10.8 Å². The van der Waals surface area contributed by atoms with Gasteiger partial charge in [0.1, 0.15) is 5.75 Å². The highest BCUT2D eigenvalue weighted by Crippen LogP contribution is 2.23. The molecule has 0 aliphatic rings. The fourth-order valence-corrected chi connectivity index (χ4v) is 1.41. The summed E-state index contributed by atoms with van der Waals surface area (Å²) in [6.07, 6.45) is 0. The van der Waals surface area contributed by atoms with E-state index in [0.717, 1.165) is 5.69 Å². The summed E-state index contributed by atoms with van der Waals surface area (Å²) in [5.74, 6) is 0.152. The SMILES string of the molecule is N#Cc1ccc(O)c(Br)c1.Nc1ccccc1. The van der Waals surface area contributed by atoms with E-state index in [9.17, 15) is 0 Å². The summed E-state index contributed by atoms with van der Waals surface area (Å²) in [5, 5.41) is 17.4. The first-order chi connectivity index (χ1) is 8.13. The number of rotatable bonds is 0. The van der Waals surface area contributed by atoms with E-state index in [0.29, 0.717) is 10.0 Å². The van der Waals surface area contributed by atoms with Crippen LogP contribution in [-0.4, -0.2) is 5.11 Å². The largest absolute Gasteiger partial charge is 0.507 e. The van der Waals surface area contributed by atoms with Gasteiger partial charge in [0.05, 0.1) is 16.1 Å². The number of benzene rings is 2. The number of aromatic hydroxyl groups is 1. The molecule has 0 heterocycles. The number of nitrogens with two attached hydrogens (primary N) is 1. The molecule has 0 bridgehead atoms. The van der Waals surface area contributed by atoms with Crippen LogP contribution >= 0.6 is 15.9 Å². The van der Waals surface area contributed by atoms with Crippen molar-refractivity contribution in [1.29, 1.82) is 5.26 Å². The Morgan fingerprint density at radius 2 is 1.76 bits per heavy atom. The average molecular weight is 291 g/mol. The van der Waals surface area contributed by atoms with E-state index in [1.165, 1.54) is 6.07 Å². The Morgan fingerprint density at radius 3 is 2.18 bits per heavy atom. The van der Waals surface area contributed by atoms with Gasteiger partial charge in [-0.1, -0.05) is 18.2 Å². The third-order valence-corrected chi connectivity index (χ3v) is 2.51. The van der Waals surface area contributed by atoms with Crippen molar-refractivity contribution in [3.05, 3.63) is 58.6 Å². The van der Waals surface area contributed by atoms with Crippen molar-refractivity contribution >= 4 is 21.6 Å². The van der Waals surface area contributed by atoms with Gasteiger partial charge in [0.25, 0.3) is 0 Å². The Labute approximate surface area is 108 Å². The monoisotopic (exact) mass is 290 g/mol. The number of phenols is 1. The molecule has 2 rings (SSSR count). The summed E-state index contributed by atoms with van der Waals surface area (Å²) in [7, 11) is 0. The van der Waals surface area contributed by atoms with Crippen LogP contribution in [0.1, 0.15) is 5.56 Å². The van der Waals surface area contributed by atoms with Crippen LogP contribution in [0.3, 0.4) is 0 Å². The lowest BCUT2D eigenvalue weighted by atomic mass is 10.2. The third kappa shape index (κ3) is 4.58. The van der Waals surface area contributed by atoms with Gasteiger partial charge in [-0.05, 0) is 46.3 Å². The van der Waals surface area contributed by atoms with Crippen molar-refractivity contribution < 1.29 is 5.11 Å². The second kappa shape index (κ2) is 6.56. The van der Waals surface area contributed by atoms with Gasteiger partial charge in [-0.3, -0.25) is 0 Å². The summed E-state index contributed by atoms with van der Waals surface area (Å²) in [6, 6.07) is 16.0. The topological polar surface area (TPSA) is 70.0 Å². The zero-order chi connectivity index (χ0) is 12.7. The molecule has 0 amide bonds. The molecule has 0 saturated heterocycles. The highest BCUT2D eigenvalue weighted by molar-refractivity contribution is 9.10. The number of nitriles is 1. The van der Waals surface area contributed by atoms with E-state index < -0.39 is 0 Å². The first kappa shape index (κ1) is 13.1. The Hall–Kier alpha value is -1.99. The van der Waals surface area contributed by atoms with Gasteiger partial charge in [-0.15, -0.1) is 0 Å². The molecule has 0 radical (unpaired) electrons. The van der Waals surface area contributed by atoms with Crippen LogP contribution in [0.15, 0.2) is 53.0 Å². The molecule has 0 aromatic heterocycles. The smallest absolute Gasteiger partial charge is 0.129 e. The van der Waals surface area contributed by atoms with E-state index in [-0.39, 0.29) is 5.75 Å².